The number of methoxy groups -OCH3 is 1. The maximum absolute atomic E-state index is 12.5. The van der Waals surface area contributed by atoms with E-state index in [1.165, 1.54) is 17.4 Å². The number of rotatable bonds is 3. The Morgan fingerprint density at radius 1 is 1.12 bits per heavy atom. The van der Waals surface area contributed by atoms with E-state index in [-0.39, 0.29) is 5.69 Å². The normalized spacial score (nSPS) is 12.0. The molecule has 4 aromatic rings. The summed E-state index contributed by atoms with van der Waals surface area (Å²) in [6, 6.07) is 9.83. The summed E-state index contributed by atoms with van der Waals surface area (Å²) >= 11 is 0. The van der Waals surface area contributed by atoms with Crippen LogP contribution in [0.25, 0.3) is 33.1 Å². The first-order valence-electron chi connectivity index (χ1n) is 7.77. The highest BCUT2D eigenvalue weighted by Crippen LogP contribution is 2.38. The van der Waals surface area contributed by atoms with E-state index in [9.17, 15) is 13.2 Å². The van der Waals surface area contributed by atoms with Gasteiger partial charge in [0.2, 0.25) is 0 Å². The number of aromatic amines is 1. The fourth-order valence-electron chi connectivity index (χ4n) is 3.10. The van der Waals surface area contributed by atoms with Crippen molar-refractivity contribution in [3.05, 3.63) is 42.1 Å². The van der Waals surface area contributed by atoms with E-state index in [0.29, 0.717) is 22.5 Å². The zero-order chi connectivity index (χ0) is 18.5. The van der Waals surface area contributed by atoms with Crippen molar-refractivity contribution in [1.29, 1.82) is 0 Å². The number of H-pyrrole nitrogens is 1. The van der Waals surface area contributed by atoms with Crippen molar-refractivity contribution in [3.63, 3.8) is 0 Å². The van der Waals surface area contributed by atoms with Gasteiger partial charge in [0.25, 0.3) is 0 Å². The summed E-state index contributed by atoms with van der Waals surface area (Å²) in [5, 5.41) is 7.23. The van der Waals surface area contributed by atoms with Gasteiger partial charge in [-0.25, -0.2) is 0 Å². The lowest BCUT2D eigenvalue weighted by Crippen LogP contribution is -2.20. The van der Waals surface area contributed by atoms with Crippen LogP contribution in [0, 0.1) is 6.92 Å². The van der Waals surface area contributed by atoms with Gasteiger partial charge in [0, 0.05) is 33.9 Å². The molecular weight excluding hydrogens is 347 g/mol. The lowest BCUT2D eigenvalue weighted by Gasteiger charge is -2.09. The number of alkyl halides is 3. The number of aromatic nitrogens is 2. The average molecular weight is 361 g/mol. The van der Waals surface area contributed by atoms with Gasteiger partial charge in [0.15, 0.2) is 5.58 Å². The molecule has 0 aliphatic carbocycles. The lowest BCUT2D eigenvalue weighted by atomic mass is 10.0. The Labute approximate surface area is 145 Å². The van der Waals surface area contributed by atoms with E-state index in [1.807, 2.05) is 13.0 Å². The Kier molecular flexibility index (Phi) is 3.57. The number of benzene rings is 2. The van der Waals surface area contributed by atoms with Crippen molar-refractivity contribution in [2.75, 3.05) is 12.4 Å². The maximum atomic E-state index is 12.5. The summed E-state index contributed by atoms with van der Waals surface area (Å²) in [7, 11) is 1.56. The minimum absolute atomic E-state index is 0.0347. The number of aryl methyl sites for hydroxylation is 1. The number of anilines is 1. The van der Waals surface area contributed by atoms with Crippen molar-refractivity contribution >= 4 is 27.6 Å². The molecule has 0 aliphatic heterocycles. The molecule has 0 aliphatic rings. The number of halogens is 3. The topological polar surface area (TPSA) is 63.1 Å². The molecule has 0 amide bonds. The van der Waals surface area contributed by atoms with Crippen LogP contribution in [0.4, 0.5) is 18.9 Å². The Hall–Kier alpha value is -3.16. The number of nitrogens with zero attached hydrogens (tertiary/aromatic N) is 1. The second-order valence-corrected chi connectivity index (χ2v) is 5.90. The number of ether oxygens (including phenoxy) is 1. The molecular formula is C18H14F3N3O2. The molecule has 0 radical (unpaired) electrons. The summed E-state index contributed by atoms with van der Waals surface area (Å²) in [5.41, 5.74) is 3.33. The third-order valence-electron chi connectivity index (χ3n) is 4.19. The smallest absolute Gasteiger partial charge is 0.482 e. The third kappa shape index (κ3) is 2.73. The van der Waals surface area contributed by atoms with Gasteiger partial charge in [-0.05, 0) is 31.2 Å². The fraction of sp³-hybridized carbons (Fsp3) is 0.167. The molecule has 5 nitrogen and oxygen atoms in total. The molecule has 2 aromatic carbocycles. The highest BCUT2D eigenvalue weighted by atomic mass is 19.4. The highest BCUT2D eigenvalue weighted by molar-refractivity contribution is 6.04. The Balaban J connectivity index is 1.85. The van der Waals surface area contributed by atoms with Gasteiger partial charge in [-0.3, -0.25) is 5.32 Å². The van der Waals surface area contributed by atoms with Crippen LogP contribution in [-0.4, -0.2) is 23.6 Å². The Morgan fingerprint density at radius 2 is 1.88 bits per heavy atom. The first kappa shape index (κ1) is 16.3. The molecule has 0 atom stereocenters. The minimum Gasteiger partial charge on any atom is -0.497 e. The highest BCUT2D eigenvalue weighted by Gasteiger charge is 2.27. The van der Waals surface area contributed by atoms with Crippen molar-refractivity contribution in [2.24, 2.45) is 0 Å². The van der Waals surface area contributed by atoms with E-state index < -0.39 is 6.30 Å². The van der Waals surface area contributed by atoms with Gasteiger partial charge in [0.05, 0.1) is 12.5 Å². The van der Waals surface area contributed by atoms with Crippen LogP contribution in [0.5, 0.6) is 5.75 Å². The number of hydrogen-bond acceptors (Lipinski definition) is 4. The van der Waals surface area contributed by atoms with E-state index in [1.54, 1.807) is 25.3 Å². The van der Waals surface area contributed by atoms with Crippen LogP contribution in [0.3, 0.4) is 0 Å². The van der Waals surface area contributed by atoms with E-state index in [2.05, 4.69) is 10.1 Å². The predicted molar refractivity (Wildman–Crippen MR) is 92.3 cm³/mol. The van der Waals surface area contributed by atoms with Gasteiger partial charge < -0.3 is 14.2 Å². The van der Waals surface area contributed by atoms with Gasteiger partial charge in [-0.2, -0.15) is 13.2 Å². The monoisotopic (exact) mass is 361 g/mol. The number of hydrogen-bond donors (Lipinski definition) is 2. The molecule has 0 unspecified atom stereocenters. The molecule has 2 aromatic heterocycles. The molecule has 0 fully saturated rings. The largest absolute Gasteiger partial charge is 0.497 e. The fourth-order valence-corrected chi connectivity index (χ4v) is 3.10. The maximum Gasteiger partial charge on any atom is 0.482 e. The predicted octanol–water partition coefficient (Wildman–Crippen LogP) is 5.22. The molecule has 2 N–H and O–H groups in total. The third-order valence-corrected chi connectivity index (χ3v) is 4.19. The summed E-state index contributed by atoms with van der Waals surface area (Å²) < 4.78 is 48.2. The zero-order valence-electron chi connectivity index (χ0n) is 13.9. The lowest BCUT2D eigenvalue weighted by molar-refractivity contribution is -0.0999. The summed E-state index contributed by atoms with van der Waals surface area (Å²) in [6.07, 6.45) is -4.49. The second-order valence-electron chi connectivity index (χ2n) is 5.90. The molecule has 0 bridgehead atoms. The molecule has 134 valence electrons. The molecule has 4 rings (SSSR count). The molecule has 2 heterocycles. The van der Waals surface area contributed by atoms with Crippen molar-refractivity contribution in [2.45, 2.75) is 13.2 Å². The van der Waals surface area contributed by atoms with Crippen LogP contribution in [0.15, 0.2) is 40.9 Å². The van der Waals surface area contributed by atoms with Crippen LogP contribution >= 0.6 is 0 Å². The van der Waals surface area contributed by atoms with Crippen LogP contribution in [0.2, 0.25) is 0 Å². The average Bonchev–Trinajstić information content (AvgIpc) is 3.11. The van der Waals surface area contributed by atoms with Crippen LogP contribution in [0.1, 0.15) is 5.69 Å². The Morgan fingerprint density at radius 3 is 2.62 bits per heavy atom. The summed E-state index contributed by atoms with van der Waals surface area (Å²) in [5.74, 6) is 0.652. The van der Waals surface area contributed by atoms with Gasteiger partial charge >= 0.3 is 6.30 Å². The zero-order valence-corrected chi connectivity index (χ0v) is 13.9. The minimum atomic E-state index is -4.49. The van der Waals surface area contributed by atoms with Gasteiger partial charge in [0.1, 0.15) is 11.4 Å². The Bertz CT molecular complexity index is 1110. The quantitative estimate of drug-likeness (QED) is 0.491. The first-order chi connectivity index (χ1) is 12.4. The number of fused-ring (bicyclic) bond motifs is 2. The standard InChI is InChI=1S/C18H14F3N3O2/c1-9-16(17-13-6-4-11(25-2)8-15(13)26-24-17)12-5-3-10(7-14(12)22-9)23-18(19,20)21/h3-8,22-23H,1-2H3. The van der Waals surface area contributed by atoms with Gasteiger partial charge in [-0.1, -0.05) is 11.2 Å². The molecule has 8 heteroatoms. The van der Waals surface area contributed by atoms with Crippen LogP contribution < -0.4 is 10.1 Å². The molecule has 0 saturated carbocycles. The SMILES string of the molecule is COc1ccc2c(-c3c(C)[nH]c4cc(NC(F)(F)F)ccc34)noc2c1. The van der Waals surface area contributed by atoms with Gasteiger partial charge in [-0.15, -0.1) is 0 Å². The van der Waals surface area contributed by atoms with Crippen molar-refractivity contribution in [3.8, 4) is 17.0 Å². The van der Waals surface area contributed by atoms with Crippen molar-refractivity contribution in [1.82, 2.24) is 10.1 Å². The first-order valence-corrected chi connectivity index (χ1v) is 7.77. The van der Waals surface area contributed by atoms with Crippen LogP contribution in [-0.2, 0) is 0 Å². The van der Waals surface area contributed by atoms with E-state index in [4.69, 9.17) is 9.26 Å². The molecule has 0 saturated heterocycles. The van der Waals surface area contributed by atoms with E-state index >= 15 is 0 Å². The molecule has 26 heavy (non-hydrogen) atoms. The van der Waals surface area contributed by atoms with Crippen molar-refractivity contribution < 1.29 is 22.4 Å². The summed E-state index contributed by atoms with van der Waals surface area (Å²) in [4.78, 5) is 3.12. The number of nitrogens with one attached hydrogen (secondary N) is 2. The second kappa shape index (κ2) is 5.69. The summed E-state index contributed by atoms with van der Waals surface area (Å²) in [6.45, 7) is 1.84. The van der Waals surface area contributed by atoms with E-state index in [0.717, 1.165) is 22.0 Å². The molecule has 0 spiro atoms.